The molecule has 2 aromatic rings. The van der Waals surface area contributed by atoms with Gasteiger partial charge in [0.2, 0.25) is 0 Å². The second-order valence-electron chi connectivity index (χ2n) is 6.43. The van der Waals surface area contributed by atoms with Crippen molar-refractivity contribution in [1.29, 1.82) is 0 Å². The topological polar surface area (TPSA) is 95.2 Å². The number of carbonyl (C=O) groups is 1. The quantitative estimate of drug-likeness (QED) is 0.579. The first-order valence-electron chi connectivity index (χ1n) is 7.90. The third kappa shape index (κ3) is 3.02. The lowest BCUT2D eigenvalue weighted by molar-refractivity contribution is -0.158. The lowest BCUT2D eigenvalue weighted by Crippen LogP contribution is -2.50. The van der Waals surface area contributed by atoms with Gasteiger partial charge in [0.25, 0.3) is 5.56 Å². The molecule has 0 saturated carbocycles. The highest BCUT2D eigenvalue weighted by molar-refractivity contribution is 5.77. The number of halogens is 1. The molecule has 3 rings (SSSR count). The zero-order chi connectivity index (χ0) is 18.2. The first kappa shape index (κ1) is 17.2. The Bertz CT molecular complexity index is 851. The molecule has 1 aliphatic carbocycles. The first-order valence-corrected chi connectivity index (χ1v) is 7.90. The Balaban J connectivity index is 2.16. The van der Waals surface area contributed by atoms with Crippen LogP contribution in [0.2, 0.25) is 0 Å². The standard InChI is InChI=1S/C18H19FN2O4/c1-3-8-25-17(23)15-13(10-4-6-11(19)7-5-10)14-12(9-18(15,2)24)20-21-16(14)22/h3-7,13,15,24H,1,8-9H2,2H3,(H2,20,21,22)/t13-,15+,18+/m1/s1. The van der Waals surface area contributed by atoms with Gasteiger partial charge in [-0.25, -0.2) is 4.39 Å². The van der Waals surface area contributed by atoms with Crippen LogP contribution in [0.5, 0.6) is 0 Å². The van der Waals surface area contributed by atoms with E-state index in [1.165, 1.54) is 37.3 Å². The molecule has 1 aliphatic rings. The van der Waals surface area contributed by atoms with Crippen molar-refractivity contribution in [3.05, 3.63) is 69.9 Å². The van der Waals surface area contributed by atoms with Crippen LogP contribution in [0.15, 0.2) is 41.7 Å². The number of aromatic amines is 2. The van der Waals surface area contributed by atoms with E-state index >= 15 is 0 Å². The molecule has 7 heteroatoms. The van der Waals surface area contributed by atoms with Gasteiger partial charge in [-0.05, 0) is 24.6 Å². The summed E-state index contributed by atoms with van der Waals surface area (Å²) in [6.45, 7) is 5.02. The Hall–Kier alpha value is -2.67. The van der Waals surface area contributed by atoms with E-state index in [9.17, 15) is 19.1 Å². The highest BCUT2D eigenvalue weighted by Gasteiger charge is 2.51. The monoisotopic (exact) mass is 346 g/mol. The fraction of sp³-hybridized carbons (Fsp3) is 0.333. The van der Waals surface area contributed by atoms with Crippen LogP contribution in [0.25, 0.3) is 0 Å². The molecule has 3 N–H and O–H groups in total. The highest BCUT2D eigenvalue weighted by Crippen LogP contribution is 2.44. The fourth-order valence-electron chi connectivity index (χ4n) is 3.52. The molecule has 3 atom stereocenters. The maximum Gasteiger partial charge on any atom is 0.313 e. The molecule has 1 heterocycles. The molecule has 0 saturated heterocycles. The Morgan fingerprint density at radius 2 is 2.12 bits per heavy atom. The summed E-state index contributed by atoms with van der Waals surface area (Å²) >= 11 is 0. The van der Waals surface area contributed by atoms with Crippen molar-refractivity contribution in [3.8, 4) is 0 Å². The van der Waals surface area contributed by atoms with Gasteiger partial charge in [0.15, 0.2) is 0 Å². The minimum atomic E-state index is -1.45. The van der Waals surface area contributed by atoms with Gasteiger partial charge >= 0.3 is 5.97 Å². The molecule has 0 fully saturated rings. The van der Waals surface area contributed by atoms with Gasteiger partial charge in [-0.15, -0.1) is 0 Å². The third-order valence-electron chi connectivity index (χ3n) is 4.57. The van der Waals surface area contributed by atoms with Gasteiger partial charge in [-0.3, -0.25) is 14.7 Å². The Morgan fingerprint density at radius 3 is 2.76 bits per heavy atom. The lowest BCUT2D eigenvalue weighted by Gasteiger charge is -2.40. The van der Waals surface area contributed by atoms with E-state index in [-0.39, 0.29) is 18.6 Å². The molecule has 1 aromatic heterocycles. The van der Waals surface area contributed by atoms with E-state index in [0.29, 0.717) is 16.8 Å². The number of aliphatic hydroxyl groups is 1. The zero-order valence-corrected chi connectivity index (χ0v) is 13.7. The van der Waals surface area contributed by atoms with Gasteiger partial charge in [-0.1, -0.05) is 24.8 Å². The van der Waals surface area contributed by atoms with Gasteiger partial charge in [0.1, 0.15) is 12.4 Å². The van der Waals surface area contributed by atoms with Crippen LogP contribution in [0.1, 0.15) is 29.7 Å². The summed E-state index contributed by atoms with van der Waals surface area (Å²) in [5.41, 5.74) is -0.388. The fourth-order valence-corrected chi connectivity index (χ4v) is 3.52. The lowest BCUT2D eigenvalue weighted by atomic mass is 9.66. The molecule has 0 unspecified atom stereocenters. The van der Waals surface area contributed by atoms with Gasteiger partial charge in [0, 0.05) is 23.6 Å². The van der Waals surface area contributed by atoms with Gasteiger partial charge < -0.3 is 14.9 Å². The van der Waals surface area contributed by atoms with E-state index in [1.54, 1.807) is 0 Å². The number of aromatic nitrogens is 2. The summed E-state index contributed by atoms with van der Waals surface area (Å²) in [5, 5.41) is 16.2. The second kappa shape index (κ2) is 6.33. The molecule has 6 nitrogen and oxygen atoms in total. The predicted octanol–water partition coefficient (Wildman–Crippen LogP) is 1.63. The van der Waals surface area contributed by atoms with Crippen LogP contribution in [0.3, 0.4) is 0 Å². The normalized spacial score (nSPS) is 25.2. The SMILES string of the molecule is C=CCOC(=O)[C@@H]1[C@H](c2ccc(F)cc2)c2c([nH][nH]c2=O)C[C@]1(C)O. The minimum absolute atomic E-state index is 0.00208. The Kier molecular flexibility index (Phi) is 4.34. The van der Waals surface area contributed by atoms with Crippen LogP contribution in [0, 0.1) is 11.7 Å². The number of esters is 1. The number of hydrogen-bond acceptors (Lipinski definition) is 4. The molecule has 1 aromatic carbocycles. The number of carbonyl (C=O) groups excluding carboxylic acids is 1. The molecule has 132 valence electrons. The van der Waals surface area contributed by atoms with Crippen molar-refractivity contribution in [1.82, 2.24) is 10.2 Å². The van der Waals surface area contributed by atoms with Crippen molar-refractivity contribution < 1.29 is 19.0 Å². The van der Waals surface area contributed by atoms with Gasteiger partial charge in [0.05, 0.1) is 11.5 Å². The van der Waals surface area contributed by atoms with E-state index in [0.717, 1.165) is 0 Å². The number of rotatable bonds is 4. The number of hydrogen-bond donors (Lipinski definition) is 3. The maximum atomic E-state index is 13.3. The molecular weight excluding hydrogens is 327 g/mol. The average molecular weight is 346 g/mol. The van der Waals surface area contributed by atoms with Crippen LogP contribution >= 0.6 is 0 Å². The van der Waals surface area contributed by atoms with E-state index in [4.69, 9.17) is 4.74 Å². The van der Waals surface area contributed by atoms with Crippen LogP contribution < -0.4 is 5.56 Å². The van der Waals surface area contributed by atoms with Crippen molar-refractivity contribution in [3.63, 3.8) is 0 Å². The minimum Gasteiger partial charge on any atom is -0.461 e. The van der Waals surface area contributed by atoms with Crippen molar-refractivity contribution >= 4 is 5.97 Å². The number of ether oxygens (including phenoxy) is 1. The number of H-pyrrole nitrogens is 2. The Labute approximate surface area is 143 Å². The molecule has 0 aliphatic heterocycles. The van der Waals surface area contributed by atoms with Crippen molar-refractivity contribution in [2.45, 2.75) is 24.9 Å². The van der Waals surface area contributed by atoms with Gasteiger partial charge in [-0.2, -0.15) is 0 Å². The maximum absolute atomic E-state index is 13.3. The summed E-state index contributed by atoms with van der Waals surface area (Å²) in [4.78, 5) is 24.9. The molecular formula is C18H19FN2O4. The molecule has 0 radical (unpaired) electrons. The average Bonchev–Trinajstić information content (AvgIpc) is 2.91. The van der Waals surface area contributed by atoms with Crippen molar-refractivity contribution in [2.75, 3.05) is 6.61 Å². The summed E-state index contributed by atoms with van der Waals surface area (Å²) in [5.74, 6) is -2.83. The zero-order valence-electron chi connectivity index (χ0n) is 13.7. The summed E-state index contributed by atoms with van der Waals surface area (Å²) in [6.07, 6.45) is 1.52. The Morgan fingerprint density at radius 1 is 1.44 bits per heavy atom. The third-order valence-corrected chi connectivity index (χ3v) is 4.57. The predicted molar refractivity (Wildman–Crippen MR) is 88.6 cm³/mol. The first-order chi connectivity index (χ1) is 11.8. The largest absolute Gasteiger partial charge is 0.461 e. The van der Waals surface area contributed by atoms with E-state index in [1.807, 2.05) is 0 Å². The smallest absolute Gasteiger partial charge is 0.313 e. The van der Waals surface area contributed by atoms with E-state index < -0.39 is 29.2 Å². The molecule has 25 heavy (non-hydrogen) atoms. The number of nitrogens with one attached hydrogen (secondary N) is 2. The number of fused-ring (bicyclic) bond motifs is 1. The molecule has 0 spiro atoms. The number of benzene rings is 1. The highest BCUT2D eigenvalue weighted by atomic mass is 19.1. The second-order valence-corrected chi connectivity index (χ2v) is 6.43. The summed E-state index contributed by atoms with van der Waals surface area (Å²) in [7, 11) is 0. The molecule has 0 amide bonds. The summed E-state index contributed by atoms with van der Waals surface area (Å²) < 4.78 is 18.5. The molecule has 0 bridgehead atoms. The van der Waals surface area contributed by atoms with E-state index in [2.05, 4.69) is 16.8 Å². The summed E-state index contributed by atoms with van der Waals surface area (Å²) in [6, 6.07) is 5.52. The van der Waals surface area contributed by atoms with Crippen LogP contribution in [-0.4, -0.2) is 33.5 Å². The van der Waals surface area contributed by atoms with Crippen LogP contribution in [0.4, 0.5) is 4.39 Å². The van der Waals surface area contributed by atoms with Crippen molar-refractivity contribution in [2.24, 2.45) is 5.92 Å². The van der Waals surface area contributed by atoms with Crippen LogP contribution in [-0.2, 0) is 16.0 Å².